The van der Waals surface area contributed by atoms with E-state index >= 15 is 0 Å². The van der Waals surface area contributed by atoms with Crippen molar-refractivity contribution in [1.29, 1.82) is 0 Å². The molecule has 2 atom stereocenters. The Morgan fingerprint density at radius 1 is 1.26 bits per heavy atom. The van der Waals surface area contributed by atoms with Gasteiger partial charge in [-0.25, -0.2) is 4.79 Å². The van der Waals surface area contributed by atoms with Crippen molar-refractivity contribution < 1.29 is 19.4 Å². The molecule has 19 heavy (non-hydrogen) atoms. The molecule has 2 aliphatic rings. The molecule has 6 nitrogen and oxygen atoms in total. The van der Waals surface area contributed by atoms with E-state index in [1.807, 2.05) is 0 Å². The largest absolute Gasteiger partial charge is 0.481 e. The van der Waals surface area contributed by atoms with Crippen molar-refractivity contribution in [1.82, 2.24) is 10.2 Å². The van der Waals surface area contributed by atoms with Crippen molar-refractivity contribution in [3.63, 3.8) is 0 Å². The molecule has 0 aromatic rings. The first-order valence-electron chi connectivity index (χ1n) is 7.04. The van der Waals surface area contributed by atoms with Crippen LogP contribution in [0.25, 0.3) is 0 Å². The molecular formula is C13H22N2O4. The van der Waals surface area contributed by atoms with Crippen LogP contribution in [0, 0.1) is 0 Å². The van der Waals surface area contributed by atoms with E-state index in [9.17, 15) is 9.59 Å². The summed E-state index contributed by atoms with van der Waals surface area (Å²) in [6.07, 6.45) is 5.03. The number of hydrogen-bond acceptors (Lipinski definition) is 3. The molecule has 2 heterocycles. The monoisotopic (exact) mass is 270 g/mol. The summed E-state index contributed by atoms with van der Waals surface area (Å²) in [5.74, 6) is -0.847. The highest BCUT2D eigenvalue weighted by molar-refractivity contribution is 5.76. The van der Waals surface area contributed by atoms with Gasteiger partial charge in [0.15, 0.2) is 0 Å². The van der Waals surface area contributed by atoms with Gasteiger partial charge in [-0.05, 0) is 32.1 Å². The first kappa shape index (κ1) is 14.1. The van der Waals surface area contributed by atoms with Crippen LogP contribution in [-0.2, 0) is 9.53 Å². The fourth-order valence-electron chi connectivity index (χ4n) is 2.79. The highest BCUT2D eigenvalue weighted by Crippen LogP contribution is 2.20. The quantitative estimate of drug-likeness (QED) is 0.804. The Kier molecular flexibility index (Phi) is 5.01. The second-order valence-corrected chi connectivity index (χ2v) is 5.26. The number of nitrogens with zero attached hydrogens (tertiary/aromatic N) is 1. The van der Waals surface area contributed by atoms with E-state index in [-0.39, 0.29) is 24.6 Å². The number of nitrogens with one attached hydrogen (secondary N) is 1. The first-order chi connectivity index (χ1) is 9.16. The van der Waals surface area contributed by atoms with Gasteiger partial charge >= 0.3 is 12.0 Å². The standard InChI is InChI=1S/C13H22N2O4/c16-12(17)8-10-4-3-6-15(10)13(18)14-9-11-5-1-2-7-19-11/h10-11H,1-9H2,(H,14,18)(H,16,17). The molecule has 6 heteroatoms. The molecule has 2 fully saturated rings. The second kappa shape index (κ2) is 6.75. The Hall–Kier alpha value is -1.30. The number of urea groups is 1. The maximum absolute atomic E-state index is 12.0. The Morgan fingerprint density at radius 2 is 2.11 bits per heavy atom. The van der Waals surface area contributed by atoms with Gasteiger partial charge in [-0.15, -0.1) is 0 Å². The van der Waals surface area contributed by atoms with Crippen LogP contribution in [0.5, 0.6) is 0 Å². The Balaban J connectivity index is 1.76. The van der Waals surface area contributed by atoms with Crippen LogP contribution >= 0.6 is 0 Å². The predicted octanol–water partition coefficient (Wildman–Crippen LogP) is 1.20. The zero-order valence-electron chi connectivity index (χ0n) is 11.1. The minimum Gasteiger partial charge on any atom is -0.481 e. The van der Waals surface area contributed by atoms with Crippen LogP contribution in [0.15, 0.2) is 0 Å². The zero-order valence-corrected chi connectivity index (χ0v) is 11.1. The molecular weight excluding hydrogens is 248 g/mol. The maximum atomic E-state index is 12.0. The summed E-state index contributed by atoms with van der Waals surface area (Å²) in [6, 6.07) is -0.317. The SMILES string of the molecule is O=C(O)CC1CCCN1C(=O)NCC1CCCCO1. The molecule has 0 spiro atoms. The maximum Gasteiger partial charge on any atom is 0.317 e. The summed E-state index contributed by atoms with van der Waals surface area (Å²) < 4.78 is 5.56. The summed E-state index contributed by atoms with van der Waals surface area (Å²) in [5.41, 5.74) is 0. The third-order valence-corrected chi connectivity index (χ3v) is 3.80. The van der Waals surface area contributed by atoms with Crippen molar-refractivity contribution in [2.75, 3.05) is 19.7 Å². The minimum atomic E-state index is -0.847. The topological polar surface area (TPSA) is 78.9 Å². The van der Waals surface area contributed by atoms with Crippen LogP contribution in [0.3, 0.4) is 0 Å². The normalized spacial score (nSPS) is 27.3. The fraction of sp³-hybridized carbons (Fsp3) is 0.846. The number of ether oxygens (including phenoxy) is 1. The zero-order chi connectivity index (χ0) is 13.7. The van der Waals surface area contributed by atoms with Gasteiger partial charge in [0.25, 0.3) is 0 Å². The average Bonchev–Trinajstić information content (AvgIpc) is 2.84. The van der Waals surface area contributed by atoms with Crippen LogP contribution in [-0.4, -0.2) is 53.8 Å². The van der Waals surface area contributed by atoms with E-state index in [1.165, 1.54) is 0 Å². The Labute approximate surface area is 113 Å². The third-order valence-electron chi connectivity index (χ3n) is 3.80. The summed E-state index contributed by atoms with van der Waals surface area (Å²) in [5, 5.41) is 11.7. The van der Waals surface area contributed by atoms with Gasteiger partial charge in [-0.2, -0.15) is 0 Å². The number of hydrogen-bond donors (Lipinski definition) is 2. The Bertz CT molecular complexity index is 329. The van der Waals surface area contributed by atoms with Crippen molar-refractivity contribution >= 4 is 12.0 Å². The van der Waals surface area contributed by atoms with E-state index in [2.05, 4.69) is 5.32 Å². The molecule has 0 bridgehead atoms. The minimum absolute atomic E-state index is 0.0351. The molecule has 0 aliphatic carbocycles. The summed E-state index contributed by atoms with van der Waals surface area (Å²) in [4.78, 5) is 24.4. The van der Waals surface area contributed by atoms with Gasteiger partial charge in [0, 0.05) is 25.7 Å². The number of carboxylic acid groups (broad SMARTS) is 1. The van der Waals surface area contributed by atoms with E-state index in [1.54, 1.807) is 4.90 Å². The van der Waals surface area contributed by atoms with Crippen molar-refractivity contribution in [2.45, 2.75) is 50.7 Å². The number of carbonyl (C=O) groups excluding carboxylic acids is 1. The number of aliphatic carboxylic acids is 1. The third kappa shape index (κ3) is 4.09. The molecule has 2 amide bonds. The summed E-state index contributed by atoms with van der Waals surface area (Å²) in [6.45, 7) is 1.94. The molecule has 0 radical (unpaired) electrons. The lowest BCUT2D eigenvalue weighted by Crippen LogP contribution is -2.46. The van der Waals surface area contributed by atoms with Crippen molar-refractivity contribution in [3.8, 4) is 0 Å². The number of carbonyl (C=O) groups is 2. The lowest BCUT2D eigenvalue weighted by Gasteiger charge is -2.27. The number of carboxylic acids is 1. The van der Waals surface area contributed by atoms with Gasteiger partial charge in [0.05, 0.1) is 12.5 Å². The average molecular weight is 270 g/mol. The molecule has 108 valence electrons. The van der Waals surface area contributed by atoms with E-state index in [0.29, 0.717) is 13.1 Å². The molecule has 2 rings (SSSR count). The highest BCUT2D eigenvalue weighted by atomic mass is 16.5. The molecule has 2 unspecified atom stereocenters. The first-order valence-corrected chi connectivity index (χ1v) is 7.04. The fourth-order valence-corrected chi connectivity index (χ4v) is 2.79. The lowest BCUT2D eigenvalue weighted by molar-refractivity contribution is -0.137. The second-order valence-electron chi connectivity index (χ2n) is 5.26. The van der Waals surface area contributed by atoms with Gasteiger partial charge < -0.3 is 20.1 Å². The molecule has 0 aromatic heterocycles. The van der Waals surface area contributed by atoms with Crippen LogP contribution in [0.1, 0.15) is 38.5 Å². The molecule has 2 saturated heterocycles. The van der Waals surface area contributed by atoms with E-state index in [0.717, 1.165) is 38.7 Å². The van der Waals surface area contributed by atoms with Crippen molar-refractivity contribution in [2.24, 2.45) is 0 Å². The Morgan fingerprint density at radius 3 is 2.79 bits per heavy atom. The van der Waals surface area contributed by atoms with Gasteiger partial charge in [0.2, 0.25) is 0 Å². The van der Waals surface area contributed by atoms with Crippen LogP contribution < -0.4 is 5.32 Å². The van der Waals surface area contributed by atoms with Crippen LogP contribution in [0.2, 0.25) is 0 Å². The molecule has 2 aliphatic heterocycles. The summed E-state index contributed by atoms with van der Waals surface area (Å²) in [7, 11) is 0. The smallest absolute Gasteiger partial charge is 0.317 e. The predicted molar refractivity (Wildman–Crippen MR) is 69.0 cm³/mol. The van der Waals surface area contributed by atoms with Crippen LogP contribution in [0.4, 0.5) is 4.79 Å². The van der Waals surface area contributed by atoms with E-state index in [4.69, 9.17) is 9.84 Å². The van der Waals surface area contributed by atoms with Crippen molar-refractivity contribution in [3.05, 3.63) is 0 Å². The molecule has 0 aromatic carbocycles. The van der Waals surface area contributed by atoms with Gasteiger partial charge in [-0.3, -0.25) is 4.79 Å². The van der Waals surface area contributed by atoms with Gasteiger partial charge in [0.1, 0.15) is 0 Å². The number of rotatable bonds is 4. The summed E-state index contributed by atoms with van der Waals surface area (Å²) >= 11 is 0. The number of amides is 2. The van der Waals surface area contributed by atoms with Gasteiger partial charge in [-0.1, -0.05) is 0 Å². The molecule has 0 saturated carbocycles. The lowest BCUT2D eigenvalue weighted by atomic mass is 10.1. The molecule has 2 N–H and O–H groups in total. The van der Waals surface area contributed by atoms with E-state index < -0.39 is 5.97 Å². The number of likely N-dealkylation sites (tertiary alicyclic amines) is 1. The highest BCUT2D eigenvalue weighted by Gasteiger charge is 2.30.